The van der Waals surface area contributed by atoms with Crippen LogP contribution in [0.15, 0.2) is 53.3 Å². The summed E-state index contributed by atoms with van der Waals surface area (Å²) in [6, 6.07) is 16.4. The van der Waals surface area contributed by atoms with E-state index in [1.807, 2.05) is 28.9 Å². The van der Waals surface area contributed by atoms with Gasteiger partial charge in [-0.3, -0.25) is 14.6 Å². The van der Waals surface area contributed by atoms with E-state index >= 15 is 0 Å². The second-order valence-electron chi connectivity index (χ2n) is 9.85. The summed E-state index contributed by atoms with van der Waals surface area (Å²) in [6.45, 7) is 11.2. The standard InChI is InChI=1S/C28H35N7O2/c1-21-9-10-24-17-25(28(36)29-27(24)22(21)2)19-34(12-6-11-33-13-15-37-16-14-33)20-26-30-31-32-35(26)18-23-7-4-3-5-8-23/h3-5,7-10,17H,6,11-16,18-20H2,1-2H3,(H,29,36). The van der Waals surface area contributed by atoms with Gasteiger partial charge in [-0.05, 0) is 65.4 Å². The Morgan fingerprint density at radius 3 is 2.68 bits per heavy atom. The molecule has 2 aromatic heterocycles. The minimum atomic E-state index is -0.0387. The molecular formula is C28H35N7O2. The van der Waals surface area contributed by atoms with E-state index in [0.29, 0.717) is 19.6 Å². The molecule has 0 aliphatic carbocycles. The van der Waals surface area contributed by atoms with E-state index in [4.69, 9.17) is 4.74 Å². The SMILES string of the molecule is Cc1ccc2cc(CN(CCCN3CCOCC3)Cc3nnnn3Cc3ccccc3)c(=O)[nH]c2c1C. The second-order valence-corrected chi connectivity index (χ2v) is 9.85. The fraction of sp³-hybridized carbons (Fsp3) is 0.429. The maximum Gasteiger partial charge on any atom is 0.252 e. The number of aryl methyl sites for hydroxylation is 2. The summed E-state index contributed by atoms with van der Waals surface area (Å²) in [7, 11) is 0. The van der Waals surface area contributed by atoms with Crippen LogP contribution in [0.1, 0.15) is 34.5 Å². The quantitative estimate of drug-likeness (QED) is 0.357. The maximum atomic E-state index is 13.1. The highest BCUT2D eigenvalue weighted by molar-refractivity contribution is 5.83. The second kappa shape index (κ2) is 11.8. The summed E-state index contributed by atoms with van der Waals surface area (Å²) < 4.78 is 7.34. The van der Waals surface area contributed by atoms with E-state index in [1.54, 1.807) is 0 Å². The number of nitrogens with zero attached hydrogens (tertiary/aromatic N) is 6. The van der Waals surface area contributed by atoms with Crippen molar-refractivity contribution in [3.05, 3.63) is 87.0 Å². The van der Waals surface area contributed by atoms with Gasteiger partial charge in [-0.1, -0.05) is 42.5 Å². The first kappa shape index (κ1) is 25.3. The lowest BCUT2D eigenvalue weighted by atomic mass is 10.0. The van der Waals surface area contributed by atoms with Gasteiger partial charge < -0.3 is 9.72 Å². The molecular weight excluding hydrogens is 466 g/mol. The predicted octanol–water partition coefficient (Wildman–Crippen LogP) is 2.90. The average Bonchev–Trinajstić information content (AvgIpc) is 3.34. The molecule has 37 heavy (non-hydrogen) atoms. The number of aromatic amines is 1. The summed E-state index contributed by atoms with van der Waals surface area (Å²) in [5, 5.41) is 13.6. The normalized spacial score (nSPS) is 14.6. The lowest BCUT2D eigenvalue weighted by Crippen LogP contribution is -2.38. The largest absolute Gasteiger partial charge is 0.379 e. The molecule has 0 bridgehead atoms. The van der Waals surface area contributed by atoms with E-state index in [9.17, 15) is 4.79 Å². The van der Waals surface area contributed by atoms with Crippen molar-refractivity contribution in [2.24, 2.45) is 0 Å². The molecule has 194 valence electrons. The summed E-state index contributed by atoms with van der Waals surface area (Å²) in [5.74, 6) is 0.791. The highest BCUT2D eigenvalue weighted by atomic mass is 16.5. The Bertz CT molecular complexity index is 1380. The van der Waals surface area contributed by atoms with E-state index in [1.165, 1.54) is 5.56 Å². The van der Waals surface area contributed by atoms with Crippen molar-refractivity contribution in [2.75, 3.05) is 39.4 Å². The van der Waals surface area contributed by atoms with E-state index < -0.39 is 0 Å². The van der Waals surface area contributed by atoms with Crippen LogP contribution in [0.25, 0.3) is 10.9 Å². The average molecular weight is 502 g/mol. The molecule has 0 unspecified atom stereocenters. The van der Waals surface area contributed by atoms with Crippen molar-refractivity contribution in [1.82, 2.24) is 35.0 Å². The summed E-state index contributed by atoms with van der Waals surface area (Å²) in [6.07, 6.45) is 0.990. The van der Waals surface area contributed by atoms with Crippen LogP contribution in [0.3, 0.4) is 0 Å². The molecule has 0 atom stereocenters. The van der Waals surface area contributed by atoms with Gasteiger partial charge in [0.1, 0.15) is 0 Å². The number of pyridine rings is 1. The Kier molecular flexibility index (Phi) is 8.03. The third-order valence-electron chi connectivity index (χ3n) is 7.22. The molecule has 1 fully saturated rings. The highest BCUT2D eigenvalue weighted by Gasteiger charge is 2.17. The van der Waals surface area contributed by atoms with Gasteiger partial charge >= 0.3 is 0 Å². The van der Waals surface area contributed by atoms with Gasteiger partial charge in [-0.15, -0.1) is 5.10 Å². The number of nitrogens with one attached hydrogen (secondary N) is 1. The van der Waals surface area contributed by atoms with Crippen LogP contribution in [0.2, 0.25) is 0 Å². The number of rotatable bonds is 10. The van der Waals surface area contributed by atoms with E-state index in [0.717, 1.165) is 79.2 Å². The van der Waals surface area contributed by atoms with Gasteiger partial charge in [0.2, 0.25) is 0 Å². The number of hydrogen-bond acceptors (Lipinski definition) is 7. The lowest BCUT2D eigenvalue weighted by molar-refractivity contribution is 0.0358. The first-order valence-corrected chi connectivity index (χ1v) is 13.0. The minimum Gasteiger partial charge on any atom is -0.379 e. The number of fused-ring (bicyclic) bond motifs is 1. The molecule has 1 saturated heterocycles. The number of morpholine rings is 1. The number of benzene rings is 2. The van der Waals surface area contributed by atoms with Crippen molar-refractivity contribution < 1.29 is 4.74 Å². The van der Waals surface area contributed by atoms with Gasteiger partial charge in [0, 0.05) is 31.7 Å². The van der Waals surface area contributed by atoms with Gasteiger partial charge in [0.25, 0.3) is 5.56 Å². The number of aromatic nitrogens is 5. The first-order chi connectivity index (χ1) is 18.1. The van der Waals surface area contributed by atoms with Crippen LogP contribution in [-0.2, 0) is 24.4 Å². The molecule has 0 amide bonds. The van der Waals surface area contributed by atoms with Crippen molar-refractivity contribution >= 4 is 10.9 Å². The molecule has 1 aliphatic heterocycles. The lowest BCUT2D eigenvalue weighted by Gasteiger charge is -2.28. The number of H-pyrrole nitrogens is 1. The maximum absolute atomic E-state index is 13.1. The third-order valence-corrected chi connectivity index (χ3v) is 7.22. The van der Waals surface area contributed by atoms with Crippen LogP contribution in [0.4, 0.5) is 0 Å². The van der Waals surface area contributed by atoms with Gasteiger partial charge in [0.05, 0.1) is 31.8 Å². The Morgan fingerprint density at radius 2 is 1.86 bits per heavy atom. The van der Waals surface area contributed by atoms with Crippen molar-refractivity contribution in [1.29, 1.82) is 0 Å². The zero-order chi connectivity index (χ0) is 25.6. The van der Waals surface area contributed by atoms with Gasteiger partial charge in [0.15, 0.2) is 5.82 Å². The van der Waals surface area contributed by atoms with Crippen molar-refractivity contribution in [2.45, 2.75) is 39.9 Å². The molecule has 0 spiro atoms. The number of tetrazole rings is 1. The van der Waals surface area contributed by atoms with Gasteiger partial charge in [-0.25, -0.2) is 4.68 Å². The molecule has 0 radical (unpaired) electrons. The molecule has 3 heterocycles. The van der Waals surface area contributed by atoms with Crippen LogP contribution in [0, 0.1) is 13.8 Å². The fourth-order valence-electron chi connectivity index (χ4n) is 4.90. The topological polar surface area (TPSA) is 92.2 Å². The third kappa shape index (κ3) is 6.30. The summed E-state index contributed by atoms with van der Waals surface area (Å²) in [4.78, 5) is 21.0. The monoisotopic (exact) mass is 501 g/mol. The summed E-state index contributed by atoms with van der Waals surface area (Å²) >= 11 is 0. The molecule has 2 aromatic carbocycles. The predicted molar refractivity (Wildman–Crippen MR) is 143 cm³/mol. The Hall–Kier alpha value is -3.40. The number of ether oxygens (including phenoxy) is 1. The van der Waals surface area contributed by atoms with Crippen LogP contribution in [-0.4, -0.2) is 74.4 Å². The molecule has 9 nitrogen and oxygen atoms in total. The smallest absolute Gasteiger partial charge is 0.252 e. The fourth-order valence-corrected chi connectivity index (χ4v) is 4.90. The zero-order valence-electron chi connectivity index (χ0n) is 21.7. The molecule has 0 saturated carbocycles. The van der Waals surface area contributed by atoms with E-state index in [-0.39, 0.29) is 5.56 Å². The Balaban J connectivity index is 1.35. The van der Waals surface area contributed by atoms with Crippen molar-refractivity contribution in [3.63, 3.8) is 0 Å². The van der Waals surface area contributed by atoms with E-state index in [2.05, 4.69) is 68.4 Å². The molecule has 9 heteroatoms. The van der Waals surface area contributed by atoms with Crippen LogP contribution < -0.4 is 5.56 Å². The van der Waals surface area contributed by atoms with Crippen LogP contribution >= 0.6 is 0 Å². The Morgan fingerprint density at radius 1 is 1.05 bits per heavy atom. The molecule has 4 aromatic rings. The molecule has 5 rings (SSSR count). The molecule has 1 aliphatic rings. The first-order valence-electron chi connectivity index (χ1n) is 13.0. The Labute approximate surface area is 217 Å². The number of hydrogen-bond donors (Lipinski definition) is 1. The zero-order valence-corrected chi connectivity index (χ0v) is 21.7. The summed E-state index contributed by atoms with van der Waals surface area (Å²) in [5.41, 5.74) is 5.06. The molecule has 1 N–H and O–H groups in total. The minimum absolute atomic E-state index is 0.0387. The van der Waals surface area contributed by atoms with Crippen LogP contribution in [0.5, 0.6) is 0 Å². The highest BCUT2D eigenvalue weighted by Crippen LogP contribution is 2.20. The van der Waals surface area contributed by atoms with Crippen molar-refractivity contribution in [3.8, 4) is 0 Å². The van der Waals surface area contributed by atoms with Gasteiger partial charge in [-0.2, -0.15) is 0 Å².